The summed E-state index contributed by atoms with van der Waals surface area (Å²) in [5.74, 6) is 0. The summed E-state index contributed by atoms with van der Waals surface area (Å²) in [6.07, 6.45) is 5.75. The van der Waals surface area contributed by atoms with E-state index >= 15 is 0 Å². The third kappa shape index (κ3) is 2.98. The van der Waals surface area contributed by atoms with Gasteiger partial charge in [0.2, 0.25) is 6.08 Å². The van der Waals surface area contributed by atoms with Gasteiger partial charge in [-0.15, -0.1) is 0 Å². The molecule has 2 rings (SSSR count). The van der Waals surface area contributed by atoms with E-state index in [1.54, 1.807) is 20.3 Å². The fraction of sp³-hybridized carbons (Fsp3) is 0.562. The molecule has 0 aromatic heterocycles. The van der Waals surface area contributed by atoms with Crippen molar-refractivity contribution in [1.29, 1.82) is 0 Å². The van der Waals surface area contributed by atoms with Crippen LogP contribution in [0, 0.1) is 0 Å². The molecular formula is C16H21NO3. The molecule has 1 aliphatic carbocycles. The van der Waals surface area contributed by atoms with Gasteiger partial charge in [-0.2, -0.15) is 4.99 Å². The van der Waals surface area contributed by atoms with Crippen LogP contribution < -0.4 is 0 Å². The van der Waals surface area contributed by atoms with E-state index in [0.29, 0.717) is 6.61 Å². The Hall–Kier alpha value is -1.48. The maximum Gasteiger partial charge on any atom is 0.235 e. The average molecular weight is 275 g/mol. The number of rotatable bonds is 6. The van der Waals surface area contributed by atoms with Gasteiger partial charge in [0.1, 0.15) is 6.10 Å². The van der Waals surface area contributed by atoms with Crippen molar-refractivity contribution in [2.24, 2.45) is 4.99 Å². The number of ether oxygens (including phenoxy) is 2. The zero-order valence-corrected chi connectivity index (χ0v) is 12.1. The number of aliphatic imine (C=N–C) groups is 1. The van der Waals surface area contributed by atoms with Crippen LogP contribution in [-0.2, 0) is 19.8 Å². The van der Waals surface area contributed by atoms with Crippen molar-refractivity contribution >= 4 is 6.08 Å². The molecule has 0 heterocycles. The molecule has 0 aliphatic heterocycles. The zero-order valence-electron chi connectivity index (χ0n) is 12.1. The van der Waals surface area contributed by atoms with Crippen molar-refractivity contribution in [2.45, 2.75) is 37.3 Å². The molecule has 0 bridgehead atoms. The summed E-state index contributed by atoms with van der Waals surface area (Å²) in [6.45, 7) is 0.521. The Balaban J connectivity index is 2.24. The van der Waals surface area contributed by atoms with Crippen molar-refractivity contribution in [2.75, 3.05) is 20.8 Å². The summed E-state index contributed by atoms with van der Waals surface area (Å²) < 4.78 is 10.5. The molecule has 0 saturated heterocycles. The standard InChI is InChI=1S/C16H21NO3/c1-19-11-15(20-2)13-5-7-14(8-6-13)16(17-12-18)9-3-4-10-16/h5-8,15H,3-4,9-11H2,1-2H3. The first kappa shape index (κ1) is 14.9. The first-order valence-corrected chi connectivity index (χ1v) is 6.97. The Morgan fingerprint density at radius 3 is 2.40 bits per heavy atom. The molecular weight excluding hydrogens is 254 g/mol. The number of carbonyl (C=O) groups excluding carboxylic acids is 1. The van der Waals surface area contributed by atoms with Gasteiger partial charge < -0.3 is 9.47 Å². The van der Waals surface area contributed by atoms with Gasteiger partial charge in [0.05, 0.1) is 12.1 Å². The zero-order chi connectivity index (χ0) is 14.4. The molecule has 4 nitrogen and oxygen atoms in total. The van der Waals surface area contributed by atoms with Crippen molar-refractivity contribution < 1.29 is 14.3 Å². The molecule has 1 aromatic rings. The number of nitrogens with zero attached hydrogens (tertiary/aromatic N) is 1. The molecule has 1 aromatic carbocycles. The van der Waals surface area contributed by atoms with Crippen LogP contribution in [0.3, 0.4) is 0 Å². The number of methoxy groups -OCH3 is 2. The van der Waals surface area contributed by atoms with Crippen molar-refractivity contribution in [3.63, 3.8) is 0 Å². The lowest BCUT2D eigenvalue weighted by molar-refractivity contribution is 0.0274. The monoisotopic (exact) mass is 275 g/mol. The van der Waals surface area contributed by atoms with E-state index < -0.39 is 0 Å². The highest BCUT2D eigenvalue weighted by Gasteiger charge is 2.35. The second-order valence-corrected chi connectivity index (χ2v) is 5.24. The summed E-state index contributed by atoms with van der Waals surface area (Å²) in [6, 6.07) is 8.15. The molecule has 1 atom stereocenters. The predicted octanol–water partition coefficient (Wildman–Crippen LogP) is 3.13. The lowest BCUT2D eigenvalue weighted by atomic mass is 9.88. The van der Waals surface area contributed by atoms with Crippen LogP contribution in [0.4, 0.5) is 0 Å². The number of isocyanates is 1. The number of hydrogen-bond acceptors (Lipinski definition) is 4. The van der Waals surface area contributed by atoms with E-state index in [9.17, 15) is 4.79 Å². The maximum absolute atomic E-state index is 10.7. The first-order chi connectivity index (χ1) is 9.75. The summed E-state index contributed by atoms with van der Waals surface area (Å²) in [4.78, 5) is 14.8. The Kier molecular flexibility index (Phi) is 5.07. The van der Waals surface area contributed by atoms with E-state index in [-0.39, 0.29) is 11.6 Å². The topological polar surface area (TPSA) is 47.9 Å². The van der Waals surface area contributed by atoms with Crippen LogP contribution in [0.5, 0.6) is 0 Å². The molecule has 4 heteroatoms. The van der Waals surface area contributed by atoms with Crippen molar-refractivity contribution in [1.82, 2.24) is 0 Å². The minimum atomic E-state index is -0.357. The van der Waals surface area contributed by atoms with E-state index in [0.717, 1.165) is 36.8 Å². The molecule has 20 heavy (non-hydrogen) atoms. The van der Waals surface area contributed by atoms with Gasteiger partial charge >= 0.3 is 0 Å². The van der Waals surface area contributed by atoms with Crippen LogP contribution in [0.1, 0.15) is 42.9 Å². The summed E-state index contributed by atoms with van der Waals surface area (Å²) in [5.41, 5.74) is 1.81. The fourth-order valence-electron chi connectivity index (χ4n) is 2.97. The van der Waals surface area contributed by atoms with E-state index in [1.807, 2.05) is 24.3 Å². The summed E-state index contributed by atoms with van der Waals surface area (Å²) in [7, 11) is 3.33. The van der Waals surface area contributed by atoms with Gasteiger partial charge in [-0.25, -0.2) is 4.79 Å². The third-order valence-electron chi connectivity index (χ3n) is 4.11. The van der Waals surface area contributed by atoms with Crippen LogP contribution in [-0.4, -0.2) is 26.9 Å². The molecule has 1 aliphatic rings. The fourth-order valence-corrected chi connectivity index (χ4v) is 2.97. The second-order valence-electron chi connectivity index (χ2n) is 5.24. The minimum Gasteiger partial charge on any atom is -0.382 e. The molecule has 0 spiro atoms. The molecule has 108 valence electrons. The lowest BCUT2D eigenvalue weighted by Crippen LogP contribution is -2.19. The highest BCUT2D eigenvalue weighted by molar-refractivity contribution is 5.39. The van der Waals surface area contributed by atoms with Gasteiger partial charge in [-0.05, 0) is 24.0 Å². The summed E-state index contributed by atoms with van der Waals surface area (Å²) >= 11 is 0. The molecule has 1 fully saturated rings. The van der Waals surface area contributed by atoms with Gasteiger partial charge in [-0.3, -0.25) is 0 Å². The van der Waals surface area contributed by atoms with Crippen molar-refractivity contribution in [3.05, 3.63) is 35.4 Å². The van der Waals surface area contributed by atoms with Crippen molar-refractivity contribution in [3.8, 4) is 0 Å². The third-order valence-corrected chi connectivity index (χ3v) is 4.11. The van der Waals surface area contributed by atoms with E-state index in [4.69, 9.17) is 9.47 Å². The molecule has 0 N–H and O–H groups in total. The number of hydrogen-bond donors (Lipinski definition) is 0. The summed E-state index contributed by atoms with van der Waals surface area (Å²) in [5, 5.41) is 0. The van der Waals surface area contributed by atoms with Crippen LogP contribution in [0.25, 0.3) is 0 Å². The second kappa shape index (κ2) is 6.80. The smallest absolute Gasteiger partial charge is 0.235 e. The van der Waals surface area contributed by atoms with E-state index in [1.165, 1.54) is 0 Å². The van der Waals surface area contributed by atoms with E-state index in [2.05, 4.69) is 4.99 Å². The number of benzene rings is 1. The first-order valence-electron chi connectivity index (χ1n) is 6.97. The molecule has 0 amide bonds. The van der Waals surface area contributed by atoms with Gasteiger partial charge in [0.15, 0.2) is 0 Å². The highest BCUT2D eigenvalue weighted by Crippen LogP contribution is 2.42. The van der Waals surface area contributed by atoms with Crippen LogP contribution >= 0.6 is 0 Å². The Labute approximate surface area is 119 Å². The quantitative estimate of drug-likeness (QED) is 0.592. The van der Waals surface area contributed by atoms with Gasteiger partial charge in [0.25, 0.3) is 0 Å². The molecule has 1 saturated carbocycles. The minimum absolute atomic E-state index is 0.0665. The Bertz CT molecular complexity index is 471. The van der Waals surface area contributed by atoms with Crippen LogP contribution in [0.2, 0.25) is 0 Å². The molecule has 1 unspecified atom stereocenters. The van der Waals surface area contributed by atoms with Crippen LogP contribution in [0.15, 0.2) is 29.3 Å². The average Bonchev–Trinajstić information content (AvgIpc) is 2.95. The Morgan fingerprint density at radius 2 is 1.90 bits per heavy atom. The van der Waals surface area contributed by atoms with Gasteiger partial charge in [0, 0.05) is 14.2 Å². The molecule has 0 radical (unpaired) electrons. The SMILES string of the molecule is COCC(OC)c1ccc(C2(N=C=O)CCCC2)cc1. The normalized spacial score (nSPS) is 18.5. The lowest BCUT2D eigenvalue weighted by Gasteiger charge is -2.23. The maximum atomic E-state index is 10.7. The van der Waals surface area contributed by atoms with Gasteiger partial charge in [-0.1, -0.05) is 37.1 Å². The Morgan fingerprint density at radius 1 is 1.25 bits per heavy atom. The predicted molar refractivity (Wildman–Crippen MR) is 76.3 cm³/mol. The highest BCUT2D eigenvalue weighted by atomic mass is 16.5. The largest absolute Gasteiger partial charge is 0.382 e.